The SMILES string of the molecule is CCC(C)NC(C(=O)OC)c1cccc(OC)c1. The van der Waals surface area contributed by atoms with Crippen molar-refractivity contribution in [2.75, 3.05) is 14.2 Å². The van der Waals surface area contributed by atoms with Gasteiger partial charge >= 0.3 is 5.97 Å². The van der Waals surface area contributed by atoms with Crippen molar-refractivity contribution in [2.45, 2.75) is 32.4 Å². The number of benzene rings is 1. The molecule has 1 aromatic carbocycles. The summed E-state index contributed by atoms with van der Waals surface area (Å²) in [6, 6.07) is 7.22. The van der Waals surface area contributed by atoms with Crippen molar-refractivity contribution in [3.05, 3.63) is 29.8 Å². The van der Waals surface area contributed by atoms with E-state index in [4.69, 9.17) is 9.47 Å². The van der Waals surface area contributed by atoms with Gasteiger partial charge in [-0.3, -0.25) is 5.32 Å². The van der Waals surface area contributed by atoms with Gasteiger partial charge in [0, 0.05) is 6.04 Å². The van der Waals surface area contributed by atoms with Gasteiger partial charge in [-0.05, 0) is 31.0 Å². The number of nitrogens with one attached hydrogen (secondary N) is 1. The van der Waals surface area contributed by atoms with Crippen LogP contribution in [0.4, 0.5) is 0 Å². The molecule has 1 aromatic rings. The number of methoxy groups -OCH3 is 2. The van der Waals surface area contributed by atoms with Crippen molar-refractivity contribution in [2.24, 2.45) is 0 Å². The first-order valence-corrected chi connectivity index (χ1v) is 6.10. The maximum Gasteiger partial charge on any atom is 0.327 e. The summed E-state index contributed by atoms with van der Waals surface area (Å²) in [5.41, 5.74) is 0.849. The Labute approximate surface area is 108 Å². The summed E-state index contributed by atoms with van der Waals surface area (Å²) < 4.78 is 10.0. The Bertz CT molecular complexity index is 392. The Balaban J connectivity index is 2.97. The molecule has 0 aromatic heterocycles. The lowest BCUT2D eigenvalue weighted by Crippen LogP contribution is -2.35. The minimum absolute atomic E-state index is 0.236. The quantitative estimate of drug-likeness (QED) is 0.788. The van der Waals surface area contributed by atoms with Gasteiger partial charge in [-0.25, -0.2) is 4.79 Å². The standard InChI is InChI=1S/C14H21NO3/c1-5-10(2)15-13(14(16)18-4)11-7-6-8-12(9-11)17-3/h6-10,13,15H,5H2,1-4H3. The third-order valence-electron chi connectivity index (χ3n) is 2.93. The molecule has 0 bridgehead atoms. The number of esters is 1. The fraction of sp³-hybridized carbons (Fsp3) is 0.500. The van der Waals surface area contributed by atoms with Gasteiger partial charge in [0.05, 0.1) is 14.2 Å². The molecule has 4 nitrogen and oxygen atoms in total. The van der Waals surface area contributed by atoms with Gasteiger partial charge in [0.1, 0.15) is 11.8 Å². The zero-order valence-electron chi connectivity index (χ0n) is 11.4. The molecule has 1 N–H and O–H groups in total. The number of hydrogen-bond acceptors (Lipinski definition) is 4. The summed E-state index contributed by atoms with van der Waals surface area (Å²) >= 11 is 0. The smallest absolute Gasteiger partial charge is 0.327 e. The van der Waals surface area contributed by atoms with Crippen LogP contribution in [-0.4, -0.2) is 26.2 Å². The maximum atomic E-state index is 11.8. The topological polar surface area (TPSA) is 47.6 Å². The third-order valence-corrected chi connectivity index (χ3v) is 2.93. The molecule has 0 fully saturated rings. The van der Waals surface area contributed by atoms with Crippen molar-refractivity contribution in [3.8, 4) is 5.75 Å². The second-order valence-corrected chi connectivity index (χ2v) is 4.21. The molecule has 18 heavy (non-hydrogen) atoms. The molecule has 0 aliphatic rings. The Kier molecular flexibility index (Phi) is 5.65. The van der Waals surface area contributed by atoms with Crippen LogP contribution in [0.2, 0.25) is 0 Å². The van der Waals surface area contributed by atoms with Gasteiger partial charge < -0.3 is 9.47 Å². The van der Waals surface area contributed by atoms with E-state index in [1.807, 2.05) is 31.2 Å². The molecule has 100 valence electrons. The molecule has 0 aliphatic carbocycles. The average Bonchev–Trinajstić information content (AvgIpc) is 2.43. The highest BCUT2D eigenvalue weighted by atomic mass is 16.5. The number of rotatable bonds is 6. The van der Waals surface area contributed by atoms with Crippen LogP contribution in [0.1, 0.15) is 31.9 Å². The van der Waals surface area contributed by atoms with Crippen LogP contribution in [0.3, 0.4) is 0 Å². The molecule has 0 aliphatic heterocycles. The number of ether oxygens (including phenoxy) is 2. The van der Waals surface area contributed by atoms with Gasteiger partial charge in [0.2, 0.25) is 0 Å². The van der Waals surface area contributed by atoms with E-state index in [0.29, 0.717) is 0 Å². The Morgan fingerprint density at radius 1 is 1.39 bits per heavy atom. The molecule has 2 unspecified atom stereocenters. The van der Waals surface area contributed by atoms with Gasteiger partial charge in [-0.15, -0.1) is 0 Å². The summed E-state index contributed by atoms with van der Waals surface area (Å²) in [5.74, 6) is 0.441. The monoisotopic (exact) mass is 251 g/mol. The lowest BCUT2D eigenvalue weighted by Gasteiger charge is -2.21. The number of hydrogen-bond donors (Lipinski definition) is 1. The van der Waals surface area contributed by atoms with Crippen LogP contribution < -0.4 is 10.1 Å². The minimum Gasteiger partial charge on any atom is -0.497 e. The normalized spacial score (nSPS) is 13.8. The predicted octanol–water partition coefficient (Wildman–Crippen LogP) is 2.30. The minimum atomic E-state index is -0.458. The first kappa shape index (κ1) is 14.5. The lowest BCUT2D eigenvalue weighted by molar-refractivity contribution is -0.143. The summed E-state index contributed by atoms with van der Waals surface area (Å²) in [7, 11) is 3.00. The first-order valence-electron chi connectivity index (χ1n) is 6.10. The van der Waals surface area contributed by atoms with Gasteiger partial charge in [-0.2, -0.15) is 0 Å². The average molecular weight is 251 g/mol. The Morgan fingerprint density at radius 3 is 2.67 bits per heavy atom. The van der Waals surface area contributed by atoms with E-state index in [1.54, 1.807) is 7.11 Å². The van der Waals surface area contributed by atoms with Crippen LogP contribution in [-0.2, 0) is 9.53 Å². The largest absolute Gasteiger partial charge is 0.497 e. The summed E-state index contributed by atoms with van der Waals surface area (Å²) in [4.78, 5) is 11.8. The second-order valence-electron chi connectivity index (χ2n) is 4.21. The van der Waals surface area contributed by atoms with Crippen LogP contribution >= 0.6 is 0 Å². The van der Waals surface area contributed by atoms with Gasteiger partial charge in [0.15, 0.2) is 0 Å². The Morgan fingerprint density at radius 2 is 2.11 bits per heavy atom. The number of carbonyl (C=O) groups excluding carboxylic acids is 1. The van der Waals surface area contributed by atoms with Crippen LogP contribution in [0, 0.1) is 0 Å². The van der Waals surface area contributed by atoms with Crippen molar-refractivity contribution < 1.29 is 14.3 Å². The van der Waals surface area contributed by atoms with Crippen LogP contribution in [0.15, 0.2) is 24.3 Å². The number of carbonyl (C=O) groups is 1. The van der Waals surface area contributed by atoms with Gasteiger partial charge in [0.25, 0.3) is 0 Å². The van der Waals surface area contributed by atoms with Crippen LogP contribution in [0.5, 0.6) is 5.75 Å². The van der Waals surface area contributed by atoms with E-state index in [1.165, 1.54) is 7.11 Å². The van der Waals surface area contributed by atoms with Crippen molar-refractivity contribution in [3.63, 3.8) is 0 Å². The van der Waals surface area contributed by atoms with E-state index in [2.05, 4.69) is 12.2 Å². The fourth-order valence-corrected chi connectivity index (χ4v) is 1.64. The fourth-order valence-electron chi connectivity index (χ4n) is 1.64. The third kappa shape index (κ3) is 3.74. The predicted molar refractivity (Wildman–Crippen MR) is 70.6 cm³/mol. The Hall–Kier alpha value is -1.55. The van der Waals surface area contributed by atoms with Gasteiger partial charge in [-0.1, -0.05) is 19.1 Å². The maximum absolute atomic E-state index is 11.8. The van der Waals surface area contributed by atoms with Crippen molar-refractivity contribution in [1.29, 1.82) is 0 Å². The molecule has 1 rings (SSSR count). The lowest BCUT2D eigenvalue weighted by atomic mass is 10.1. The molecule has 0 heterocycles. The van der Waals surface area contributed by atoms with E-state index >= 15 is 0 Å². The van der Waals surface area contributed by atoms with Crippen molar-refractivity contribution >= 4 is 5.97 Å². The van der Waals surface area contributed by atoms with E-state index in [-0.39, 0.29) is 12.0 Å². The highest BCUT2D eigenvalue weighted by molar-refractivity contribution is 5.77. The molecule has 0 amide bonds. The molecule has 0 saturated heterocycles. The highest BCUT2D eigenvalue weighted by Gasteiger charge is 2.22. The molecule has 0 spiro atoms. The summed E-state index contributed by atoms with van der Waals surface area (Å²) in [5, 5.41) is 3.25. The second kappa shape index (κ2) is 7.01. The first-order chi connectivity index (χ1) is 8.62. The van der Waals surface area contributed by atoms with E-state index in [0.717, 1.165) is 17.7 Å². The van der Waals surface area contributed by atoms with Crippen molar-refractivity contribution in [1.82, 2.24) is 5.32 Å². The molecular formula is C14H21NO3. The molecule has 0 saturated carbocycles. The van der Waals surface area contributed by atoms with E-state index < -0.39 is 6.04 Å². The molecular weight excluding hydrogens is 230 g/mol. The zero-order valence-corrected chi connectivity index (χ0v) is 11.4. The molecule has 2 atom stereocenters. The highest BCUT2D eigenvalue weighted by Crippen LogP contribution is 2.21. The summed E-state index contributed by atoms with van der Waals surface area (Å²) in [6.07, 6.45) is 0.942. The van der Waals surface area contributed by atoms with Crippen LogP contribution in [0.25, 0.3) is 0 Å². The zero-order chi connectivity index (χ0) is 13.5. The van der Waals surface area contributed by atoms with E-state index in [9.17, 15) is 4.79 Å². The summed E-state index contributed by atoms with van der Waals surface area (Å²) in [6.45, 7) is 4.10. The molecule has 4 heteroatoms. The molecule has 0 radical (unpaired) electrons.